The normalized spacial score (nSPS) is 21.9. The molecule has 1 unspecified atom stereocenters. The van der Waals surface area contributed by atoms with Crippen LogP contribution >= 0.6 is 0 Å². The molecule has 3 rings (SSSR count). The molecule has 2 fully saturated rings. The number of carbonyl (C=O) groups is 2. The average molecular weight is 340 g/mol. The van der Waals surface area contributed by atoms with Crippen LogP contribution in [0.4, 0.5) is 8.78 Å². The predicted molar refractivity (Wildman–Crippen MR) is 82.5 cm³/mol. The van der Waals surface area contributed by atoms with Gasteiger partial charge in [0.15, 0.2) is 5.69 Å². The van der Waals surface area contributed by atoms with E-state index in [4.69, 9.17) is 0 Å². The van der Waals surface area contributed by atoms with Gasteiger partial charge in [0.2, 0.25) is 5.91 Å². The Balaban J connectivity index is 1.57. The van der Waals surface area contributed by atoms with Gasteiger partial charge in [-0.25, -0.2) is 4.68 Å². The highest BCUT2D eigenvalue weighted by Gasteiger charge is 2.36. The van der Waals surface area contributed by atoms with Crippen molar-refractivity contribution in [3.8, 4) is 0 Å². The first-order chi connectivity index (χ1) is 11.5. The Morgan fingerprint density at radius 2 is 2.12 bits per heavy atom. The number of hydrogen-bond acceptors (Lipinski definition) is 3. The number of nitrogens with zero attached hydrogens (tertiary/aromatic N) is 4. The molecule has 1 aliphatic carbocycles. The molecule has 2 heterocycles. The number of carbonyl (C=O) groups excluding carboxylic acids is 2. The third-order valence-corrected chi connectivity index (χ3v) is 4.91. The van der Waals surface area contributed by atoms with Crippen LogP contribution in [0.3, 0.4) is 0 Å². The van der Waals surface area contributed by atoms with E-state index in [9.17, 15) is 18.4 Å². The minimum Gasteiger partial charge on any atom is -0.340 e. The SMILES string of the molecule is CN(CC1CC(=O)N(C2CCCC2)C1)C(=O)c1ccn(C(F)F)n1. The number of halogens is 2. The molecule has 24 heavy (non-hydrogen) atoms. The number of alkyl halides is 2. The topological polar surface area (TPSA) is 58.4 Å². The molecule has 0 aromatic carbocycles. The van der Waals surface area contributed by atoms with Gasteiger partial charge >= 0.3 is 6.55 Å². The Hall–Kier alpha value is -1.99. The number of amides is 2. The van der Waals surface area contributed by atoms with Crippen LogP contribution in [0.1, 0.15) is 49.1 Å². The van der Waals surface area contributed by atoms with Gasteiger partial charge in [0, 0.05) is 44.7 Å². The zero-order chi connectivity index (χ0) is 17.3. The quantitative estimate of drug-likeness (QED) is 0.825. The van der Waals surface area contributed by atoms with E-state index >= 15 is 0 Å². The first-order valence-electron chi connectivity index (χ1n) is 8.34. The Bertz CT molecular complexity index is 613. The Morgan fingerprint density at radius 3 is 2.75 bits per heavy atom. The lowest BCUT2D eigenvalue weighted by Crippen LogP contribution is -2.36. The Morgan fingerprint density at radius 1 is 1.42 bits per heavy atom. The molecule has 0 spiro atoms. The largest absolute Gasteiger partial charge is 0.340 e. The maximum atomic E-state index is 12.5. The van der Waals surface area contributed by atoms with E-state index in [2.05, 4.69) is 5.10 Å². The number of aromatic nitrogens is 2. The lowest BCUT2D eigenvalue weighted by Gasteiger charge is -2.25. The van der Waals surface area contributed by atoms with E-state index < -0.39 is 12.5 Å². The third kappa shape index (κ3) is 3.42. The molecule has 0 bridgehead atoms. The summed E-state index contributed by atoms with van der Waals surface area (Å²) in [6.07, 6.45) is 6.01. The summed E-state index contributed by atoms with van der Waals surface area (Å²) in [6.45, 7) is -1.66. The zero-order valence-corrected chi connectivity index (χ0v) is 13.7. The highest BCUT2D eigenvalue weighted by atomic mass is 19.3. The van der Waals surface area contributed by atoms with Gasteiger partial charge in [0.1, 0.15) is 0 Å². The van der Waals surface area contributed by atoms with Crippen LogP contribution in [0.15, 0.2) is 12.3 Å². The summed E-state index contributed by atoms with van der Waals surface area (Å²) in [5, 5.41) is 3.60. The van der Waals surface area contributed by atoms with E-state index in [0.717, 1.165) is 19.0 Å². The zero-order valence-electron chi connectivity index (χ0n) is 13.7. The second kappa shape index (κ2) is 6.86. The Kier molecular flexibility index (Phi) is 4.82. The molecule has 8 heteroatoms. The van der Waals surface area contributed by atoms with Crippen LogP contribution in [0.2, 0.25) is 0 Å². The first-order valence-corrected chi connectivity index (χ1v) is 8.34. The smallest absolute Gasteiger partial charge is 0.333 e. The van der Waals surface area contributed by atoms with Crippen molar-refractivity contribution in [3.63, 3.8) is 0 Å². The molecular formula is C16H22F2N4O2. The van der Waals surface area contributed by atoms with Gasteiger partial charge in [-0.15, -0.1) is 0 Å². The van der Waals surface area contributed by atoms with Crippen LogP contribution in [0.5, 0.6) is 0 Å². The molecule has 1 aromatic heterocycles. The van der Waals surface area contributed by atoms with Crippen LogP contribution in [0, 0.1) is 5.92 Å². The van der Waals surface area contributed by atoms with Crippen molar-refractivity contribution in [1.29, 1.82) is 0 Å². The van der Waals surface area contributed by atoms with Gasteiger partial charge in [0.05, 0.1) is 0 Å². The summed E-state index contributed by atoms with van der Waals surface area (Å²) in [5.74, 6) is -0.153. The highest BCUT2D eigenvalue weighted by molar-refractivity contribution is 5.92. The van der Waals surface area contributed by atoms with Crippen LogP contribution in [-0.4, -0.2) is 57.6 Å². The average Bonchev–Trinajstić information content (AvgIpc) is 3.26. The van der Waals surface area contributed by atoms with E-state index in [1.54, 1.807) is 7.05 Å². The molecule has 0 N–H and O–H groups in total. The fourth-order valence-electron chi connectivity index (χ4n) is 3.73. The lowest BCUT2D eigenvalue weighted by atomic mass is 10.1. The molecule has 0 radical (unpaired) electrons. The van der Waals surface area contributed by atoms with Crippen molar-refractivity contribution in [3.05, 3.63) is 18.0 Å². The third-order valence-electron chi connectivity index (χ3n) is 4.91. The van der Waals surface area contributed by atoms with Gasteiger partial charge in [-0.1, -0.05) is 12.8 Å². The molecule has 1 saturated heterocycles. The minimum absolute atomic E-state index is 0.00484. The van der Waals surface area contributed by atoms with E-state index in [1.807, 2.05) is 4.90 Å². The number of rotatable bonds is 5. The van der Waals surface area contributed by atoms with E-state index in [-0.39, 0.29) is 17.5 Å². The van der Waals surface area contributed by atoms with E-state index in [1.165, 1.54) is 23.8 Å². The second-order valence-electron chi connectivity index (χ2n) is 6.70. The summed E-state index contributed by atoms with van der Waals surface area (Å²) >= 11 is 0. The molecule has 6 nitrogen and oxygen atoms in total. The van der Waals surface area contributed by atoms with Gasteiger partial charge in [0.25, 0.3) is 5.91 Å². The second-order valence-corrected chi connectivity index (χ2v) is 6.70. The molecule has 2 aliphatic rings. The molecule has 1 saturated carbocycles. The Labute approximate surface area is 139 Å². The molecule has 1 atom stereocenters. The number of likely N-dealkylation sites (tertiary alicyclic amines) is 1. The molecular weight excluding hydrogens is 318 g/mol. The summed E-state index contributed by atoms with van der Waals surface area (Å²) in [5.41, 5.74) is -0.00484. The van der Waals surface area contributed by atoms with Crippen molar-refractivity contribution in [1.82, 2.24) is 19.6 Å². The van der Waals surface area contributed by atoms with Crippen LogP contribution in [-0.2, 0) is 4.79 Å². The molecule has 2 amide bonds. The van der Waals surface area contributed by atoms with Crippen molar-refractivity contribution in [2.24, 2.45) is 5.92 Å². The van der Waals surface area contributed by atoms with Crippen LogP contribution < -0.4 is 0 Å². The van der Waals surface area contributed by atoms with Gasteiger partial charge in [-0.05, 0) is 18.9 Å². The standard InChI is InChI=1S/C16H22F2N4O2/c1-20(15(24)13-6-7-22(19-13)16(17)18)9-11-8-14(23)21(10-11)12-4-2-3-5-12/h6-7,11-12,16H,2-5,8-10H2,1H3. The van der Waals surface area contributed by atoms with Gasteiger partial charge < -0.3 is 9.80 Å². The summed E-state index contributed by atoms with van der Waals surface area (Å²) in [4.78, 5) is 27.9. The molecule has 132 valence electrons. The summed E-state index contributed by atoms with van der Waals surface area (Å²) in [7, 11) is 1.62. The maximum absolute atomic E-state index is 12.5. The van der Waals surface area contributed by atoms with E-state index in [0.29, 0.717) is 30.2 Å². The summed E-state index contributed by atoms with van der Waals surface area (Å²) < 4.78 is 25.5. The highest BCUT2D eigenvalue weighted by Crippen LogP contribution is 2.29. The van der Waals surface area contributed by atoms with Gasteiger partial charge in [-0.3, -0.25) is 9.59 Å². The fraction of sp³-hybridized carbons (Fsp3) is 0.688. The fourth-order valence-corrected chi connectivity index (χ4v) is 3.73. The van der Waals surface area contributed by atoms with Crippen molar-refractivity contribution in [2.75, 3.05) is 20.1 Å². The number of hydrogen-bond donors (Lipinski definition) is 0. The van der Waals surface area contributed by atoms with Crippen molar-refractivity contribution >= 4 is 11.8 Å². The lowest BCUT2D eigenvalue weighted by molar-refractivity contribution is -0.129. The monoisotopic (exact) mass is 340 g/mol. The predicted octanol–water partition coefficient (Wildman–Crippen LogP) is 2.14. The summed E-state index contributed by atoms with van der Waals surface area (Å²) in [6, 6.07) is 1.64. The molecule has 1 aliphatic heterocycles. The maximum Gasteiger partial charge on any atom is 0.333 e. The first kappa shape index (κ1) is 16.9. The van der Waals surface area contributed by atoms with Gasteiger partial charge in [-0.2, -0.15) is 13.9 Å². The van der Waals surface area contributed by atoms with Crippen molar-refractivity contribution < 1.29 is 18.4 Å². The minimum atomic E-state index is -2.76. The molecule has 1 aromatic rings. The van der Waals surface area contributed by atoms with Crippen LogP contribution in [0.25, 0.3) is 0 Å². The van der Waals surface area contributed by atoms with Crippen molar-refractivity contribution in [2.45, 2.75) is 44.7 Å².